The maximum atomic E-state index is 13.4. The Labute approximate surface area is 211 Å². The number of nitrogens with zero attached hydrogens (tertiary/aromatic N) is 1. The average molecular weight is 565 g/mol. The Morgan fingerprint density at radius 3 is 2.46 bits per heavy atom. The highest BCUT2D eigenvalue weighted by atomic mass is 32.2. The number of ether oxygens (including phenoxy) is 2. The van der Waals surface area contributed by atoms with Crippen LogP contribution < -0.4 is 24.2 Å². The van der Waals surface area contributed by atoms with Crippen molar-refractivity contribution in [2.24, 2.45) is 5.14 Å². The second kappa shape index (κ2) is 10.4. The van der Waals surface area contributed by atoms with Crippen LogP contribution in [0.1, 0.15) is 13.8 Å². The van der Waals surface area contributed by atoms with Crippen molar-refractivity contribution in [3.8, 4) is 17.7 Å². The van der Waals surface area contributed by atoms with Gasteiger partial charge in [0, 0.05) is 11.7 Å². The van der Waals surface area contributed by atoms with Crippen LogP contribution in [0.3, 0.4) is 0 Å². The number of anilines is 2. The predicted octanol–water partition coefficient (Wildman–Crippen LogP) is 2.76. The molecule has 1 heterocycles. The lowest BCUT2D eigenvalue weighted by atomic mass is 10.1. The number of fused-ring (bicyclic) bond motifs is 1. The second-order valence-electron chi connectivity index (χ2n) is 7.97. The number of hydrogen-bond donors (Lipinski definition) is 3. The third kappa shape index (κ3) is 6.61. The average Bonchev–Trinajstić information content (AvgIpc) is 2.77. The minimum Gasteiger partial charge on any atom is -0.474 e. The Balaban J connectivity index is 1.97. The zero-order valence-corrected chi connectivity index (χ0v) is 20.8. The van der Waals surface area contributed by atoms with Crippen LogP contribution in [0, 0.1) is 17.8 Å². The standard InChI is InChI=1S/C21H20F4N4O6S2/c1-20(2,21(23,24)25)35-19(30)28-14-5-8-18-17(11-14)29(12-15(34-18)9-10-27-36(26)31)37(32,33)16-6-3-13(22)4-7-16/h3-8,11,15,27H,12,26H2,1-2H3,(H,28,30). The zero-order valence-electron chi connectivity index (χ0n) is 19.1. The summed E-state index contributed by atoms with van der Waals surface area (Å²) in [7, 11) is -4.34. The molecule has 10 nitrogen and oxygen atoms in total. The highest BCUT2D eigenvalue weighted by molar-refractivity contribution is 7.92. The molecule has 2 atom stereocenters. The van der Waals surface area contributed by atoms with Crippen molar-refractivity contribution in [1.29, 1.82) is 0 Å². The number of sulfonamides is 1. The van der Waals surface area contributed by atoms with Crippen LogP contribution in [0.5, 0.6) is 5.75 Å². The first kappa shape index (κ1) is 28.0. The van der Waals surface area contributed by atoms with Gasteiger partial charge in [-0.15, -0.1) is 0 Å². The van der Waals surface area contributed by atoms with E-state index in [-0.39, 0.29) is 22.0 Å². The molecule has 0 bridgehead atoms. The normalized spacial score (nSPS) is 16.4. The van der Waals surface area contributed by atoms with Crippen molar-refractivity contribution < 1.29 is 44.5 Å². The lowest BCUT2D eigenvalue weighted by Gasteiger charge is -2.34. The topological polar surface area (TPSA) is 140 Å². The molecule has 0 aliphatic carbocycles. The van der Waals surface area contributed by atoms with Crippen molar-refractivity contribution in [2.45, 2.75) is 36.6 Å². The summed E-state index contributed by atoms with van der Waals surface area (Å²) in [4.78, 5) is 11.8. The number of nitrogens with two attached hydrogens (primary N) is 1. The molecular formula is C21H20F4N4O6S2. The summed E-state index contributed by atoms with van der Waals surface area (Å²) in [6.45, 7) is 0.939. The molecule has 1 aliphatic rings. The van der Waals surface area contributed by atoms with E-state index in [2.05, 4.69) is 26.7 Å². The van der Waals surface area contributed by atoms with Crippen LogP contribution in [-0.2, 0) is 25.9 Å². The van der Waals surface area contributed by atoms with Gasteiger partial charge >= 0.3 is 12.3 Å². The van der Waals surface area contributed by atoms with Gasteiger partial charge < -0.3 is 9.47 Å². The first-order chi connectivity index (χ1) is 17.1. The van der Waals surface area contributed by atoms with E-state index >= 15 is 0 Å². The molecule has 2 aromatic rings. The molecule has 0 radical (unpaired) electrons. The van der Waals surface area contributed by atoms with E-state index in [1.807, 2.05) is 0 Å². The van der Waals surface area contributed by atoms with Crippen molar-refractivity contribution >= 4 is 38.7 Å². The van der Waals surface area contributed by atoms with Crippen LogP contribution in [0.15, 0.2) is 47.4 Å². The molecule has 200 valence electrons. The van der Waals surface area contributed by atoms with Gasteiger partial charge in [-0.1, -0.05) is 0 Å². The second-order valence-corrected chi connectivity index (χ2v) is 10.6. The fourth-order valence-electron chi connectivity index (χ4n) is 2.96. The molecule has 2 unspecified atom stereocenters. The van der Waals surface area contributed by atoms with E-state index in [4.69, 9.17) is 9.88 Å². The molecule has 37 heavy (non-hydrogen) atoms. The fourth-order valence-corrected chi connectivity index (χ4v) is 4.59. The smallest absolute Gasteiger partial charge is 0.427 e. The van der Waals surface area contributed by atoms with Crippen LogP contribution in [-0.4, -0.2) is 43.1 Å². The van der Waals surface area contributed by atoms with Crippen molar-refractivity contribution in [2.75, 3.05) is 16.2 Å². The maximum Gasteiger partial charge on any atom is 0.427 e. The number of nitrogens with one attached hydrogen (secondary N) is 2. The van der Waals surface area contributed by atoms with Crippen molar-refractivity contribution in [3.05, 3.63) is 48.3 Å². The predicted molar refractivity (Wildman–Crippen MR) is 125 cm³/mol. The minimum absolute atomic E-state index is 0.0142. The highest BCUT2D eigenvalue weighted by Crippen LogP contribution is 2.39. The summed E-state index contributed by atoms with van der Waals surface area (Å²) in [5.41, 5.74) is -2.99. The summed E-state index contributed by atoms with van der Waals surface area (Å²) >= 11 is -1.96. The zero-order chi connectivity index (χ0) is 27.6. The molecule has 2 aromatic carbocycles. The first-order valence-electron chi connectivity index (χ1n) is 10.2. The fraction of sp³-hybridized carbons (Fsp3) is 0.286. The van der Waals surface area contributed by atoms with Gasteiger partial charge in [-0.25, -0.2) is 27.0 Å². The third-order valence-electron chi connectivity index (χ3n) is 4.89. The Morgan fingerprint density at radius 1 is 1.22 bits per heavy atom. The molecule has 3 rings (SSSR count). The van der Waals surface area contributed by atoms with E-state index in [1.165, 1.54) is 12.1 Å². The number of benzene rings is 2. The number of carbonyl (C=O) groups excluding carboxylic acids is 1. The molecule has 0 saturated heterocycles. The van der Waals surface area contributed by atoms with E-state index in [9.17, 15) is 35.0 Å². The van der Waals surface area contributed by atoms with Crippen LogP contribution in [0.2, 0.25) is 0 Å². The molecular weight excluding hydrogens is 544 g/mol. The van der Waals surface area contributed by atoms with Gasteiger partial charge in [-0.3, -0.25) is 14.3 Å². The largest absolute Gasteiger partial charge is 0.474 e. The number of carbonyl (C=O) groups is 1. The van der Waals surface area contributed by atoms with Crippen LogP contribution in [0.4, 0.5) is 33.7 Å². The molecule has 0 spiro atoms. The third-order valence-corrected chi connectivity index (χ3v) is 6.99. The van der Waals surface area contributed by atoms with E-state index in [0.717, 1.165) is 34.6 Å². The lowest BCUT2D eigenvalue weighted by Crippen LogP contribution is -2.44. The Morgan fingerprint density at radius 2 is 1.86 bits per heavy atom. The monoisotopic (exact) mass is 564 g/mol. The van der Waals surface area contributed by atoms with Gasteiger partial charge in [0.15, 0.2) is 17.3 Å². The number of alkyl halides is 3. The Bertz CT molecular complexity index is 1370. The van der Waals surface area contributed by atoms with E-state index in [0.29, 0.717) is 13.8 Å². The van der Waals surface area contributed by atoms with Gasteiger partial charge in [-0.2, -0.15) is 13.2 Å². The van der Waals surface area contributed by atoms with Crippen LogP contribution >= 0.6 is 0 Å². The quantitative estimate of drug-likeness (QED) is 0.290. The number of rotatable bonds is 5. The summed E-state index contributed by atoms with van der Waals surface area (Å²) in [6, 6.07) is 9.91. The summed E-state index contributed by atoms with van der Waals surface area (Å²) in [5, 5.41) is 7.19. The van der Waals surface area contributed by atoms with Gasteiger partial charge in [-0.05, 0) is 62.2 Å². The summed E-state index contributed by atoms with van der Waals surface area (Å²) < 4.78 is 103. The van der Waals surface area contributed by atoms with Crippen LogP contribution in [0.25, 0.3) is 0 Å². The molecule has 0 fully saturated rings. The molecule has 1 amide bonds. The molecule has 0 saturated carbocycles. The Kier molecular flexibility index (Phi) is 7.91. The van der Waals surface area contributed by atoms with Gasteiger partial charge in [0.25, 0.3) is 10.0 Å². The molecule has 1 aliphatic heterocycles. The molecule has 0 aromatic heterocycles. The van der Waals surface area contributed by atoms with E-state index < -0.39 is 57.5 Å². The van der Waals surface area contributed by atoms with Crippen molar-refractivity contribution in [1.82, 2.24) is 4.72 Å². The van der Waals surface area contributed by atoms with Crippen molar-refractivity contribution in [3.63, 3.8) is 0 Å². The number of halogens is 4. The molecule has 16 heteroatoms. The molecule has 4 N–H and O–H groups in total. The van der Waals surface area contributed by atoms with Gasteiger partial charge in [0.1, 0.15) is 11.6 Å². The van der Waals surface area contributed by atoms with Gasteiger partial charge in [0.2, 0.25) is 5.60 Å². The van der Waals surface area contributed by atoms with E-state index in [1.54, 1.807) is 0 Å². The number of amides is 1. The summed E-state index contributed by atoms with van der Waals surface area (Å²) in [5.74, 6) is 1.84. The van der Waals surface area contributed by atoms with Gasteiger partial charge in [0.05, 0.1) is 17.1 Å². The SMILES string of the molecule is CC(C)(OC(=O)Nc1ccc2c(c1)N(S(=O)(=O)c1ccc(F)cc1)CC(C#CNS(N)=O)O2)C(F)(F)F. The highest BCUT2D eigenvalue weighted by Gasteiger charge is 2.51. The Hall–Kier alpha value is -3.55. The maximum absolute atomic E-state index is 13.4. The first-order valence-corrected chi connectivity index (χ1v) is 12.8. The number of hydrogen-bond acceptors (Lipinski definition) is 6. The lowest BCUT2D eigenvalue weighted by molar-refractivity contribution is -0.242. The minimum atomic E-state index is -4.84. The summed E-state index contributed by atoms with van der Waals surface area (Å²) in [6.07, 6.45) is -7.35.